The number of carbonyl (C=O) groups is 1. The number of para-hydroxylation sites is 3. The van der Waals surface area contributed by atoms with Gasteiger partial charge in [0.1, 0.15) is 11.4 Å². The van der Waals surface area contributed by atoms with E-state index in [2.05, 4.69) is 20.6 Å². The molecule has 7 heteroatoms. The fraction of sp³-hybridized carbons (Fsp3) is 0.0556. The molecule has 0 spiro atoms. The highest BCUT2D eigenvalue weighted by atomic mass is 35.5. The van der Waals surface area contributed by atoms with Crippen LogP contribution in [0.3, 0.4) is 0 Å². The molecular weight excluding hydrogens is 340 g/mol. The summed E-state index contributed by atoms with van der Waals surface area (Å²) in [5.41, 5.74) is 1.44. The van der Waals surface area contributed by atoms with Gasteiger partial charge in [-0.25, -0.2) is 9.97 Å². The smallest absolute Gasteiger partial charge is 0.274 e. The Kier molecular flexibility index (Phi) is 5.11. The molecular formula is C18H15ClN4O2. The second-order valence-electron chi connectivity index (χ2n) is 5.02. The Balaban J connectivity index is 1.79. The van der Waals surface area contributed by atoms with E-state index in [1.807, 2.05) is 24.3 Å². The molecule has 0 atom stereocenters. The lowest BCUT2D eigenvalue weighted by atomic mass is 10.3. The van der Waals surface area contributed by atoms with Crippen LogP contribution in [0.15, 0.2) is 60.8 Å². The summed E-state index contributed by atoms with van der Waals surface area (Å²) in [4.78, 5) is 20.8. The summed E-state index contributed by atoms with van der Waals surface area (Å²) in [7, 11) is 1.58. The predicted molar refractivity (Wildman–Crippen MR) is 97.7 cm³/mol. The maximum Gasteiger partial charge on any atom is 0.274 e. The summed E-state index contributed by atoms with van der Waals surface area (Å²) in [6.45, 7) is 0. The lowest BCUT2D eigenvalue weighted by Gasteiger charge is -2.10. The third-order valence-electron chi connectivity index (χ3n) is 3.36. The molecule has 3 aromatic rings. The van der Waals surface area contributed by atoms with Gasteiger partial charge in [-0.2, -0.15) is 0 Å². The molecule has 0 saturated carbocycles. The minimum atomic E-state index is -0.376. The van der Waals surface area contributed by atoms with Gasteiger partial charge in [-0.1, -0.05) is 35.9 Å². The number of ether oxygens (including phenoxy) is 1. The first-order chi connectivity index (χ1) is 12.2. The number of amides is 1. The van der Waals surface area contributed by atoms with E-state index >= 15 is 0 Å². The van der Waals surface area contributed by atoms with Crippen molar-refractivity contribution in [3.8, 4) is 5.75 Å². The Morgan fingerprint density at radius 2 is 1.76 bits per heavy atom. The van der Waals surface area contributed by atoms with Crippen molar-refractivity contribution in [2.45, 2.75) is 0 Å². The van der Waals surface area contributed by atoms with Gasteiger partial charge < -0.3 is 15.4 Å². The van der Waals surface area contributed by atoms with E-state index in [0.717, 1.165) is 0 Å². The maximum absolute atomic E-state index is 12.4. The molecule has 1 amide bonds. The fourth-order valence-electron chi connectivity index (χ4n) is 2.16. The molecule has 3 rings (SSSR count). The van der Waals surface area contributed by atoms with Crippen LogP contribution in [0.5, 0.6) is 5.75 Å². The third-order valence-corrected chi connectivity index (χ3v) is 3.69. The number of methoxy groups -OCH3 is 1. The number of aromatic nitrogens is 2. The van der Waals surface area contributed by atoms with Crippen LogP contribution in [0.4, 0.5) is 17.3 Å². The van der Waals surface area contributed by atoms with Gasteiger partial charge >= 0.3 is 0 Å². The topological polar surface area (TPSA) is 76.1 Å². The van der Waals surface area contributed by atoms with Crippen LogP contribution in [0.1, 0.15) is 10.5 Å². The normalized spacial score (nSPS) is 10.2. The Labute approximate surface area is 149 Å². The highest BCUT2D eigenvalue weighted by Crippen LogP contribution is 2.25. The molecule has 2 aromatic carbocycles. The van der Waals surface area contributed by atoms with Crippen molar-refractivity contribution in [2.75, 3.05) is 17.7 Å². The third kappa shape index (κ3) is 4.05. The average Bonchev–Trinajstić information content (AvgIpc) is 2.64. The molecule has 2 N–H and O–H groups in total. The molecule has 0 fully saturated rings. The van der Waals surface area contributed by atoms with E-state index in [0.29, 0.717) is 22.1 Å². The number of anilines is 3. The number of benzene rings is 2. The van der Waals surface area contributed by atoms with Crippen LogP contribution < -0.4 is 15.4 Å². The van der Waals surface area contributed by atoms with E-state index in [4.69, 9.17) is 16.3 Å². The zero-order valence-corrected chi connectivity index (χ0v) is 14.1. The number of nitrogens with one attached hydrogen (secondary N) is 2. The molecule has 0 radical (unpaired) electrons. The van der Waals surface area contributed by atoms with Gasteiger partial charge in [-0.05, 0) is 30.3 Å². The van der Waals surface area contributed by atoms with E-state index in [1.54, 1.807) is 31.4 Å². The number of nitrogens with zero attached hydrogens (tertiary/aromatic N) is 2. The van der Waals surface area contributed by atoms with Crippen molar-refractivity contribution in [1.29, 1.82) is 0 Å². The fourth-order valence-corrected chi connectivity index (χ4v) is 2.35. The molecule has 1 heterocycles. The van der Waals surface area contributed by atoms with Gasteiger partial charge in [-0.3, -0.25) is 4.79 Å². The van der Waals surface area contributed by atoms with Crippen molar-refractivity contribution in [3.63, 3.8) is 0 Å². The van der Waals surface area contributed by atoms with Crippen molar-refractivity contribution in [3.05, 3.63) is 71.5 Å². The second kappa shape index (κ2) is 7.63. The highest BCUT2D eigenvalue weighted by Gasteiger charge is 2.12. The first-order valence-corrected chi connectivity index (χ1v) is 7.84. The number of rotatable bonds is 5. The summed E-state index contributed by atoms with van der Waals surface area (Å²) in [6.07, 6.45) is 1.51. The Morgan fingerprint density at radius 1 is 1.04 bits per heavy atom. The Hall–Kier alpha value is -3.12. The minimum absolute atomic E-state index is 0.215. The average molecular weight is 355 g/mol. The molecule has 1 aromatic heterocycles. The molecule has 126 valence electrons. The summed E-state index contributed by atoms with van der Waals surface area (Å²) in [5, 5.41) is 6.22. The van der Waals surface area contributed by atoms with Gasteiger partial charge in [0.2, 0.25) is 5.95 Å². The molecule has 0 aliphatic rings. The summed E-state index contributed by atoms with van der Waals surface area (Å²) in [5.74, 6) is 0.562. The van der Waals surface area contributed by atoms with Gasteiger partial charge in [0.25, 0.3) is 5.91 Å². The van der Waals surface area contributed by atoms with Crippen LogP contribution in [0, 0.1) is 0 Å². The first kappa shape index (κ1) is 16.7. The van der Waals surface area contributed by atoms with Crippen molar-refractivity contribution in [1.82, 2.24) is 9.97 Å². The summed E-state index contributed by atoms with van der Waals surface area (Å²) < 4.78 is 5.28. The highest BCUT2D eigenvalue weighted by molar-refractivity contribution is 6.33. The standard InChI is InChI=1S/C18H15ClN4O2/c1-25-16-9-5-4-8-14(16)22-18-20-11-10-15(23-18)17(24)21-13-7-3-2-6-12(13)19/h2-11H,1H3,(H,21,24)(H,20,22,23). The molecule has 0 bridgehead atoms. The maximum atomic E-state index is 12.4. The molecule has 0 aliphatic carbocycles. The lowest BCUT2D eigenvalue weighted by molar-refractivity contribution is 0.102. The van der Waals surface area contributed by atoms with Gasteiger partial charge in [0.15, 0.2) is 0 Å². The SMILES string of the molecule is COc1ccccc1Nc1nccc(C(=O)Nc2ccccc2Cl)n1. The molecule has 0 saturated heterocycles. The Morgan fingerprint density at radius 3 is 2.52 bits per heavy atom. The lowest BCUT2D eigenvalue weighted by Crippen LogP contribution is -2.15. The number of hydrogen-bond acceptors (Lipinski definition) is 5. The van der Waals surface area contributed by atoms with E-state index in [1.165, 1.54) is 12.3 Å². The molecule has 6 nitrogen and oxygen atoms in total. The first-order valence-electron chi connectivity index (χ1n) is 7.46. The monoisotopic (exact) mass is 354 g/mol. The summed E-state index contributed by atoms with van der Waals surface area (Å²) >= 11 is 6.05. The second-order valence-corrected chi connectivity index (χ2v) is 5.43. The van der Waals surface area contributed by atoms with Crippen molar-refractivity contribution >= 4 is 34.8 Å². The minimum Gasteiger partial charge on any atom is -0.495 e. The largest absolute Gasteiger partial charge is 0.495 e. The van der Waals surface area contributed by atoms with Crippen LogP contribution in [-0.2, 0) is 0 Å². The number of hydrogen-bond donors (Lipinski definition) is 2. The van der Waals surface area contributed by atoms with Crippen LogP contribution in [-0.4, -0.2) is 23.0 Å². The Bertz CT molecular complexity index is 902. The van der Waals surface area contributed by atoms with Gasteiger partial charge in [0, 0.05) is 6.20 Å². The summed E-state index contributed by atoms with van der Waals surface area (Å²) in [6, 6.07) is 15.9. The van der Waals surface area contributed by atoms with E-state index in [9.17, 15) is 4.79 Å². The molecule has 0 aliphatic heterocycles. The zero-order valence-electron chi connectivity index (χ0n) is 13.4. The predicted octanol–water partition coefficient (Wildman–Crippen LogP) is 4.13. The van der Waals surface area contributed by atoms with Gasteiger partial charge in [-0.15, -0.1) is 0 Å². The number of carbonyl (C=O) groups excluding carboxylic acids is 1. The van der Waals surface area contributed by atoms with E-state index in [-0.39, 0.29) is 17.5 Å². The van der Waals surface area contributed by atoms with Crippen LogP contribution >= 0.6 is 11.6 Å². The number of halogens is 1. The van der Waals surface area contributed by atoms with E-state index < -0.39 is 0 Å². The molecule has 0 unspecified atom stereocenters. The zero-order chi connectivity index (χ0) is 17.6. The quantitative estimate of drug-likeness (QED) is 0.720. The van der Waals surface area contributed by atoms with Crippen molar-refractivity contribution in [2.24, 2.45) is 0 Å². The van der Waals surface area contributed by atoms with Crippen LogP contribution in [0.25, 0.3) is 0 Å². The van der Waals surface area contributed by atoms with Crippen LogP contribution in [0.2, 0.25) is 5.02 Å². The van der Waals surface area contributed by atoms with Gasteiger partial charge in [0.05, 0.1) is 23.5 Å². The molecule has 25 heavy (non-hydrogen) atoms. The van der Waals surface area contributed by atoms with Crippen molar-refractivity contribution < 1.29 is 9.53 Å².